The second-order valence-electron chi connectivity index (χ2n) is 5.00. The van der Waals surface area contributed by atoms with Crippen molar-refractivity contribution in [2.24, 2.45) is 5.73 Å². The highest BCUT2D eigenvalue weighted by atomic mass is 79.9. The molecule has 0 aliphatic carbocycles. The number of nitrogens with zero attached hydrogens (tertiary/aromatic N) is 1. The van der Waals surface area contributed by atoms with Gasteiger partial charge in [-0.2, -0.15) is 0 Å². The van der Waals surface area contributed by atoms with Crippen LogP contribution in [0.25, 0.3) is 0 Å². The average molecular weight is 299 g/mol. The maximum Gasteiger partial charge on any atom is 0.0794 e. The molecule has 0 radical (unpaired) electrons. The predicted octanol–water partition coefficient (Wildman–Crippen LogP) is 2.26. The maximum atomic E-state index is 10.1. The van der Waals surface area contributed by atoms with Gasteiger partial charge in [-0.3, -0.25) is 0 Å². The molecular weight excluding hydrogens is 280 g/mol. The molecule has 1 aliphatic heterocycles. The third-order valence-electron chi connectivity index (χ3n) is 3.30. The van der Waals surface area contributed by atoms with Crippen LogP contribution in [0.1, 0.15) is 25.3 Å². The maximum absolute atomic E-state index is 10.1. The molecule has 0 spiro atoms. The highest BCUT2D eigenvalue weighted by Gasteiger charge is 2.28. The molecule has 1 aromatic rings. The summed E-state index contributed by atoms with van der Waals surface area (Å²) >= 11 is 3.53. The number of β-amino-alcohol motifs (C(OH)–C–C–N with tert-alkyl or cyclic N) is 1. The number of piperidine rings is 1. The lowest BCUT2D eigenvalue weighted by Gasteiger charge is -2.38. The third-order valence-corrected chi connectivity index (χ3v) is 4.03. The van der Waals surface area contributed by atoms with Crippen molar-refractivity contribution in [2.45, 2.75) is 31.9 Å². The first-order chi connectivity index (χ1) is 8.02. The summed E-state index contributed by atoms with van der Waals surface area (Å²) in [6.45, 7) is 4.15. The van der Waals surface area contributed by atoms with Gasteiger partial charge in [-0.15, -0.1) is 0 Å². The summed E-state index contributed by atoms with van der Waals surface area (Å²) in [5, 5.41) is 10.1. The van der Waals surface area contributed by atoms with Gasteiger partial charge in [0.1, 0.15) is 0 Å². The van der Waals surface area contributed by atoms with Gasteiger partial charge in [-0.25, -0.2) is 0 Å². The van der Waals surface area contributed by atoms with Crippen LogP contribution in [0.3, 0.4) is 0 Å². The number of halogens is 1. The first-order valence-electron chi connectivity index (χ1n) is 5.98. The van der Waals surface area contributed by atoms with E-state index in [0.717, 1.165) is 35.1 Å². The van der Waals surface area contributed by atoms with Crippen molar-refractivity contribution in [1.82, 2.24) is 0 Å². The van der Waals surface area contributed by atoms with E-state index < -0.39 is 5.60 Å². The molecule has 1 heterocycles. The van der Waals surface area contributed by atoms with Gasteiger partial charge in [0.05, 0.1) is 5.60 Å². The van der Waals surface area contributed by atoms with Gasteiger partial charge in [-0.05, 0) is 37.5 Å². The molecule has 0 amide bonds. The van der Waals surface area contributed by atoms with Crippen molar-refractivity contribution < 1.29 is 5.11 Å². The van der Waals surface area contributed by atoms with Gasteiger partial charge in [0, 0.05) is 29.8 Å². The lowest BCUT2D eigenvalue weighted by atomic mass is 9.95. The molecule has 1 unspecified atom stereocenters. The lowest BCUT2D eigenvalue weighted by Crippen LogP contribution is -2.46. The van der Waals surface area contributed by atoms with E-state index >= 15 is 0 Å². The Morgan fingerprint density at radius 3 is 2.88 bits per heavy atom. The van der Waals surface area contributed by atoms with Crippen LogP contribution in [0, 0.1) is 0 Å². The summed E-state index contributed by atoms with van der Waals surface area (Å²) in [4.78, 5) is 2.23. The molecule has 3 N–H and O–H groups in total. The molecule has 0 saturated carbocycles. The summed E-state index contributed by atoms with van der Waals surface area (Å²) in [5.41, 5.74) is 7.32. The molecule has 0 bridgehead atoms. The van der Waals surface area contributed by atoms with E-state index in [1.54, 1.807) is 0 Å². The van der Waals surface area contributed by atoms with Crippen molar-refractivity contribution >= 4 is 21.6 Å². The summed E-state index contributed by atoms with van der Waals surface area (Å²) in [6, 6.07) is 6.21. The van der Waals surface area contributed by atoms with E-state index in [1.807, 2.05) is 13.0 Å². The summed E-state index contributed by atoms with van der Waals surface area (Å²) < 4.78 is 1.04. The normalized spacial score (nSPS) is 25.1. The first kappa shape index (κ1) is 12.9. The van der Waals surface area contributed by atoms with Gasteiger partial charge >= 0.3 is 0 Å². The van der Waals surface area contributed by atoms with E-state index in [4.69, 9.17) is 5.73 Å². The zero-order chi connectivity index (χ0) is 12.5. The van der Waals surface area contributed by atoms with Crippen molar-refractivity contribution in [1.29, 1.82) is 0 Å². The van der Waals surface area contributed by atoms with Crippen LogP contribution in [-0.4, -0.2) is 23.8 Å². The number of aliphatic hydroxyl groups is 1. The molecule has 1 aliphatic rings. The second kappa shape index (κ2) is 4.96. The van der Waals surface area contributed by atoms with Crippen LogP contribution < -0.4 is 10.6 Å². The minimum Gasteiger partial charge on any atom is -0.388 e. The van der Waals surface area contributed by atoms with Crippen molar-refractivity contribution in [2.75, 3.05) is 18.0 Å². The molecule has 1 aromatic carbocycles. The summed E-state index contributed by atoms with van der Waals surface area (Å²) in [5.74, 6) is 0. The fraction of sp³-hybridized carbons (Fsp3) is 0.538. The smallest absolute Gasteiger partial charge is 0.0794 e. The number of rotatable bonds is 2. The van der Waals surface area contributed by atoms with E-state index in [0.29, 0.717) is 13.1 Å². The topological polar surface area (TPSA) is 49.5 Å². The Kier molecular flexibility index (Phi) is 3.76. The second-order valence-corrected chi connectivity index (χ2v) is 5.86. The summed E-state index contributed by atoms with van der Waals surface area (Å²) in [7, 11) is 0. The van der Waals surface area contributed by atoms with Crippen LogP contribution in [0.5, 0.6) is 0 Å². The Bertz CT molecular complexity index is 406. The number of hydrogen-bond donors (Lipinski definition) is 2. The van der Waals surface area contributed by atoms with E-state index in [1.165, 1.54) is 0 Å². The Labute approximate surface area is 111 Å². The highest BCUT2D eigenvalue weighted by Crippen LogP contribution is 2.29. The van der Waals surface area contributed by atoms with Crippen LogP contribution in [-0.2, 0) is 6.54 Å². The molecule has 0 aromatic heterocycles. The van der Waals surface area contributed by atoms with E-state index in [9.17, 15) is 5.11 Å². The molecule has 1 saturated heterocycles. The third kappa shape index (κ3) is 3.00. The van der Waals surface area contributed by atoms with Gasteiger partial charge < -0.3 is 15.7 Å². The Morgan fingerprint density at radius 2 is 2.29 bits per heavy atom. The Balaban J connectivity index is 2.19. The minimum atomic E-state index is -0.572. The van der Waals surface area contributed by atoms with Crippen LogP contribution >= 0.6 is 15.9 Å². The van der Waals surface area contributed by atoms with Crippen molar-refractivity contribution in [3.05, 3.63) is 28.2 Å². The fourth-order valence-electron chi connectivity index (χ4n) is 2.34. The highest BCUT2D eigenvalue weighted by molar-refractivity contribution is 9.10. The van der Waals surface area contributed by atoms with E-state index in [2.05, 4.69) is 33.0 Å². The average Bonchev–Trinajstić information content (AvgIpc) is 2.27. The van der Waals surface area contributed by atoms with Crippen molar-refractivity contribution in [3.8, 4) is 0 Å². The van der Waals surface area contributed by atoms with Crippen molar-refractivity contribution in [3.63, 3.8) is 0 Å². The number of hydrogen-bond acceptors (Lipinski definition) is 3. The quantitative estimate of drug-likeness (QED) is 0.880. The SMILES string of the molecule is CC1(O)CCCN(c2ccc(CN)c(Br)c2)C1. The fourth-order valence-corrected chi connectivity index (χ4v) is 2.87. The zero-order valence-electron chi connectivity index (χ0n) is 10.1. The summed E-state index contributed by atoms with van der Waals surface area (Å²) in [6.07, 6.45) is 1.91. The van der Waals surface area contributed by atoms with E-state index in [-0.39, 0.29) is 0 Å². The van der Waals surface area contributed by atoms with Gasteiger partial charge in [-0.1, -0.05) is 22.0 Å². The first-order valence-corrected chi connectivity index (χ1v) is 6.77. The van der Waals surface area contributed by atoms with Crippen LogP contribution in [0.2, 0.25) is 0 Å². The number of benzene rings is 1. The molecule has 4 heteroatoms. The monoisotopic (exact) mass is 298 g/mol. The largest absolute Gasteiger partial charge is 0.388 e. The molecule has 1 fully saturated rings. The predicted molar refractivity (Wildman–Crippen MR) is 74.1 cm³/mol. The zero-order valence-corrected chi connectivity index (χ0v) is 11.7. The minimum absolute atomic E-state index is 0.540. The number of nitrogens with two attached hydrogens (primary N) is 1. The molecular formula is C13H19BrN2O. The molecule has 17 heavy (non-hydrogen) atoms. The molecule has 94 valence electrons. The van der Waals surface area contributed by atoms with Gasteiger partial charge in [0.2, 0.25) is 0 Å². The molecule has 1 atom stereocenters. The van der Waals surface area contributed by atoms with Gasteiger partial charge in [0.15, 0.2) is 0 Å². The van der Waals surface area contributed by atoms with Crippen LogP contribution in [0.15, 0.2) is 22.7 Å². The molecule has 2 rings (SSSR count). The van der Waals surface area contributed by atoms with Crippen LogP contribution in [0.4, 0.5) is 5.69 Å². The van der Waals surface area contributed by atoms with Gasteiger partial charge in [0.25, 0.3) is 0 Å². The Morgan fingerprint density at radius 1 is 1.53 bits per heavy atom. The number of anilines is 1. The Hall–Kier alpha value is -0.580. The molecule has 3 nitrogen and oxygen atoms in total. The standard InChI is InChI=1S/C13H19BrN2O/c1-13(17)5-2-6-16(9-13)11-4-3-10(8-15)12(14)7-11/h3-4,7,17H,2,5-6,8-9,15H2,1H3. The lowest BCUT2D eigenvalue weighted by molar-refractivity contribution is 0.0449.